The van der Waals surface area contributed by atoms with Gasteiger partial charge in [-0.1, -0.05) is 6.92 Å². The smallest absolute Gasteiger partial charge is 0.182 e. The first-order chi connectivity index (χ1) is 4.66. The number of hydrogen-bond acceptors (Lipinski definition) is 3. The van der Waals surface area contributed by atoms with Gasteiger partial charge >= 0.3 is 0 Å². The fraction of sp³-hybridized carbons (Fsp3) is 0.571. The lowest BCUT2D eigenvalue weighted by Gasteiger charge is -2.00. The molecule has 1 aliphatic heterocycles. The Bertz CT molecular complexity index is 196. The molecule has 0 aromatic carbocycles. The lowest BCUT2D eigenvalue weighted by atomic mass is 10.2. The van der Waals surface area contributed by atoms with Crippen LogP contribution >= 0.6 is 24.4 Å². The summed E-state index contributed by atoms with van der Waals surface area (Å²) in [6.07, 6.45) is 0.908. The second-order valence-corrected chi connectivity index (χ2v) is 4.15. The third-order valence-corrected chi connectivity index (χ3v) is 3.65. The summed E-state index contributed by atoms with van der Waals surface area (Å²) < 4.78 is 0. The molecule has 0 saturated heterocycles. The van der Waals surface area contributed by atoms with Gasteiger partial charge in [0.25, 0.3) is 0 Å². The zero-order chi connectivity index (χ0) is 7.72. The zero-order valence-corrected chi connectivity index (χ0v) is 7.76. The van der Waals surface area contributed by atoms with Crippen molar-refractivity contribution in [3.63, 3.8) is 0 Å². The fourth-order valence-electron chi connectivity index (χ4n) is 0.917. The summed E-state index contributed by atoms with van der Waals surface area (Å²) in [6.45, 7) is 3.97. The molecule has 0 fully saturated rings. The van der Waals surface area contributed by atoms with Crippen LogP contribution in [0.4, 0.5) is 0 Å². The topological polar surface area (TPSA) is 17.1 Å². The molecular weight excluding hydrogens is 164 g/mol. The van der Waals surface area contributed by atoms with E-state index in [4.69, 9.17) is 0 Å². The maximum atomic E-state index is 11.2. The second-order valence-electron chi connectivity index (χ2n) is 2.28. The van der Waals surface area contributed by atoms with Gasteiger partial charge in [0.15, 0.2) is 5.78 Å². The van der Waals surface area contributed by atoms with Gasteiger partial charge in [-0.3, -0.25) is 4.79 Å². The van der Waals surface area contributed by atoms with E-state index < -0.39 is 0 Å². The minimum absolute atomic E-state index is 0.146. The van der Waals surface area contributed by atoms with Gasteiger partial charge in [0.05, 0.1) is 10.2 Å². The molecule has 1 atom stereocenters. The summed E-state index contributed by atoms with van der Waals surface area (Å²) >= 11 is 5.74. The van der Waals surface area contributed by atoms with Crippen molar-refractivity contribution in [3.8, 4) is 0 Å². The van der Waals surface area contributed by atoms with Crippen molar-refractivity contribution in [2.45, 2.75) is 25.5 Å². The van der Waals surface area contributed by atoms with Gasteiger partial charge in [-0.25, -0.2) is 0 Å². The number of thiol groups is 1. The van der Waals surface area contributed by atoms with E-state index in [-0.39, 0.29) is 11.0 Å². The van der Waals surface area contributed by atoms with Crippen LogP contribution in [0.15, 0.2) is 9.81 Å². The average molecular weight is 174 g/mol. The largest absolute Gasteiger partial charge is 0.292 e. The Morgan fingerprint density at radius 1 is 1.70 bits per heavy atom. The molecular formula is C7H10OS2. The van der Waals surface area contributed by atoms with E-state index in [1.807, 2.05) is 13.8 Å². The molecule has 0 aromatic heterocycles. The van der Waals surface area contributed by atoms with E-state index in [2.05, 4.69) is 12.6 Å². The van der Waals surface area contributed by atoms with Crippen LogP contribution in [0, 0.1) is 0 Å². The number of carbonyl (C=O) groups is 1. The average Bonchev–Trinajstić information content (AvgIpc) is 2.17. The van der Waals surface area contributed by atoms with Crippen LogP contribution in [-0.2, 0) is 4.79 Å². The Morgan fingerprint density at radius 2 is 2.30 bits per heavy atom. The van der Waals surface area contributed by atoms with Gasteiger partial charge in [0, 0.05) is 0 Å². The zero-order valence-electron chi connectivity index (χ0n) is 6.05. The highest BCUT2D eigenvalue weighted by atomic mass is 32.2. The molecule has 56 valence electrons. The summed E-state index contributed by atoms with van der Waals surface area (Å²) in [5.74, 6) is 0.202. The van der Waals surface area contributed by atoms with Crippen LogP contribution in [-0.4, -0.2) is 11.0 Å². The molecule has 0 radical (unpaired) electrons. The molecule has 0 aliphatic carbocycles. The van der Waals surface area contributed by atoms with Crippen LogP contribution in [0.5, 0.6) is 0 Å². The van der Waals surface area contributed by atoms with E-state index in [9.17, 15) is 4.79 Å². The van der Waals surface area contributed by atoms with Crippen LogP contribution in [0.2, 0.25) is 0 Å². The lowest BCUT2D eigenvalue weighted by molar-refractivity contribution is -0.114. The molecule has 1 unspecified atom stereocenters. The maximum absolute atomic E-state index is 11.2. The third kappa shape index (κ3) is 1.25. The van der Waals surface area contributed by atoms with Crippen LogP contribution < -0.4 is 0 Å². The summed E-state index contributed by atoms with van der Waals surface area (Å²) in [6, 6.07) is 0. The number of allylic oxidation sites excluding steroid dienone is 2. The molecule has 0 saturated carbocycles. The van der Waals surface area contributed by atoms with Gasteiger partial charge in [-0.2, -0.15) is 0 Å². The van der Waals surface area contributed by atoms with Crippen molar-refractivity contribution in [3.05, 3.63) is 9.81 Å². The van der Waals surface area contributed by atoms with Crippen molar-refractivity contribution in [2.24, 2.45) is 0 Å². The molecule has 10 heavy (non-hydrogen) atoms. The number of hydrogen-bond donors (Lipinski definition) is 1. The highest BCUT2D eigenvalue weighted by molar-refractivity contribution is 8.06. The number of carbonyl (C=O) groups excluding carboxylic acids is 1. The van der Waals surface area contributed by atoms with Gasteiger partial charge in [-0.05, 0) is 18.2 Å². The second kappa shape index (κ2) is 3.01. The van der Waals surface area contributed by atoms with Crippen molar-refractivity contribution in [2.75, 3.05) is 0 Å². The molecule has 3 heteroatoms. The van der Waals surface area contributed by atoms with Crippen molar-refractivity contribution in [1.82, 2.24) is 0 Å². The Balaban J connectivity index is 2.77. The molecule has 1 aliphatic rings. The standard InChI is InChI=1S/C7H10OS2/c1-3-5-6(8)7(9)4(2)10-5/h5,9H,3H2,1-2H3. The first kappa shape index (κ1) is 8.21. The monoisotopic (exact) mass is 174 g/mol. The summed E-state index contributed by atoms with van der Waals surface area (Å²) in [7, 11) is 0. The molecule has 0 spiro atoms. The first-order valence-corrected chi connectivity index (χ1v) is 4.60. The summed E-state index contributed by atoms with van der Waals surface area (Å²) in [5.41, 5.74) is 0. The third-order valence-electron chi connectivity index (χ3n) is 1.55. The van der Waals surface area contributed by atoms with Crippen LogP contribution in [0.25, 0.3) is 0 Å². The van der Waals surface area contributed by atoms with E-state index in [0.717, 1.165) is 11.3 Å². The molecule has 0 amide bonds. The first-order valence-electron chi connectivity index (χ1n) is 3.27. The number of rotatable bonds is 1. The van der Waals surface area contributed by atoms with Crippen LogP contribution in [0.3, 0.4) is 0 Å². The highest BCUT2D eigenvalue weighted by Gasteiger charge is 2.27. The SMILES string of the molecule is CCC1SC(C)=C(S)C1=O. The lowest BCUT2D eigenvalue weighted by Crippen LogP contribution is -2.10. The predicted molar refractivity (Wildman–Crippen MR) is 48.4 cm³/mol. The van der Waals surface area contributed by atoms with Crippen molar-refractivity contribution >= 4 is 30.2 Å². The number of Topliss-reactive ketones (excluding diaryl/α,β-unsaturated/α-hetero) is 1. The summed E-state index contributed by atoms with van der Waals surface area (Å²) in [4.78, 5) is 12.9. The molecule has 0 N–H and O–H groups in total. The van der Waals surface area contributed by atoms with E-state index in [0.29, 0.717) is 4.91 Å². The molecule has 0 aromatic rings. The van der Waals surface area contributed by atoms with Crippen molar-refractivity contribution < 1.29 is 4.79 Å². The number of ketones is 1. The Hall–Kier alpha value is 0.110. The maximum Gasteiger partial charge on any atom is 0.182 e. The van der Waals surface area contributed by atoms with Gasteiger partial charge in [-0.15, -0.1) is 24.4 Å². The van der Waals surface area contributed by atoms with Gasteiger partial charge < -0.3 is 0 Å². The normalized spacial score (nSPS) is 26.3. The number of thioether (sulfide) groups is 1. The Morgan fingerprint density at radius 3 is 2.50 bits per heavy atom. The van der Waals surface area contributed by atoms with E-state index >= 15 is 0 Å². The predicted octanol–water partition coefficient (Wildman–Crippen LogP) is 2.24. The van der Waals surface area contributed by atoms with E-state index in [1.54, 1.807) is 11.8 Å². The fourth-order valence-corrected chi connectivity index (χ4v) is 2.35. The van der Waals surface area contributed by atoms with E-state index in [1.165, 1.54) is 0 Å². The summed E-state index contributed by atoms with van der Waals surface area (Å²) in [5, 5.41) is 0.146. The van der Waals surface area contributed by atoms with Gasteiger partial charge in [0.2, 0.25) is 0 Å². The quantitative estimate of drug-likeness (QED) is 0.614. The Labute approximate surface area is 70.7 Å². The molecule has 1 heterocycles. The Kier molecular flexibility index (Phi) is 2.47. The molecule has 0 bridgehead atoms. The molecule has 1 nitrogen and oxygen atoms in total. The van der Waals surface area contributed by atoms with Crippen molar-refractivity contribution in [1.29, 1.82) is 0 Å². The van der Waals surface area contributed by atoms with Crippen LogP contribution in [0.1, 0.15) is 20.3 Å². The molecule has 1 rings (SSSR count). The highest BCUT2D eigenvalue weighted by Crippen LogP contribution is 2.37. The minimum Gasteiger partial charge on any atom is -0.292 e. The minimum atomic E-state index is 0.146. The van der Waals surface area contributed by atoms with Gasteiger partial charge in [0.1, 0.15) is 0 Å².